The van der Waals surface area contributed by atoms with Gasteiger partial charge in [0.05, 0.1) is 10.5 Å². The number of pyridine rings is 1. The number of hydrogen-bond donors (Lipinski definition) is 2. The molecule has 2 rings (SSSR count). The maximum atomic E-state index is 6.09. The van der Waals surface area contributed by atoms with E-state index in [0.29, 0.717) is 16.8 Å². The number of benzene rings is 1. The van der Waals surface area contributed by atoms with Gasteiger partial charge in [-0.15, -0.1) is 0 Å². The molecule has 3 nitrogen and oxygen atoms in total. The van der Waals surface area contributed by atoms with E-state index in [2.05, 4.69) is 30.3 Å². The molecule has 3 N–H and O–H groups in total. The number of nitrogen functional groups attached to an aromatic ring is 1. The Hall–Kier alpha value is -1.32. The number of halogens is 1. The van der Waals surface area contributed by atoms with E-state index >= 15 is 0 Å². The van der Waals surface area contributed by atoms with Gasteiger partial charge in [0.25, 0.3) is 0 Å². The molecule has 0 spiro atoms. The second-order valence-corrected chi connectivity index (χ2v) is 4.44. The fourth-order valence-electron chi connectivity index (χ4n) is 1.73. The minimum atomic E-state index is 0.363. The molecule has 84 valence electrons. The standard InChI is InChI=1S/C12H14ClN3/c1-7(2)9-6-8-4-3-5-10(13)11(8)15-12(9)16-14/h3-7H,14H2,1-2H3,(H,15,16). The van der Waals surface area contributed by atoms with Crippen LogP contribution >= 0.6 is 11.6 Å². The van der Waals surface area contributed by atoms with Crippen LogP contribution in [0, 0.1) is 0 Å². The fourth-order valence-corrected chi connectivity index (χ4v) is 1.96. The van der Waals surface area contributed by atoms with Gasteiger partial charge in [0.1, 0.15) is 5.82 Å². The fraction of sp³-hybridized carbons (Fsp3) is 0.250. The topological polar surface area (TPSA) is 50.9 Å². The van der Waals surface area contributed by atoms with Gasteiger partial charge in [0.2, 0.25) is 0 Å². The summed E-state index contributed by atoms with van der Waals surface area (Å²) in [4.78, 5) is 4.45. The minimum absolute atomic E-state index is 0.363. The average Bonchev–Trinajstić information content (AvgIpc) is 2.28. The van der Waals surface area contributed by atoms with E-state index < -0.39 is 0 Å². The molecule has 0 amide bonds. The Morgan fingerprint density at radius 2 is 2.12 bits per heavy atom. The van der Waals surface area contributed by atoms with Crippen LogP contribution in [0.15, 0.2) is 24.3 Å². The molecule has 0 fully saturated rings. The summed E-state index contributed by atoms with van der Waals surface area (Å²) in [7, 11) is 0. The lowest BCUT2D eigenvalue weighted by atomic mass is 10.0. The highest BCUT2D eigenvalue weighted by atomic mass is 35.5. The third-order valence-electron chi connectivity index (χ3n) is 2.58. The summed E-state index contributed by atoms with van der Waals surface area (Å²) < 4.78 is 0. The Morgan fingerprint density at radius 3 is 2.75 bits per heavy atom. The molecule has 0 saturated carbocycles. The van der Waals surface area contributed by atoms with Crippen molar-refractivity contribution in [3.63, 3.8) is 0 Å². The molecule has 0 aliphatic rings. The van der Waals surface area contributed by atoms with Gasteiger partial charge in [-0.2, -0.15) is 0 Å². The highest BCUT2D eigenvalue weighted by Crippen LogP contribution is 2.29. The van der Waals surface area contributed by atoms with Crippen LogP contribution in [0.4, 0.5) is 5.82 Å². The molecule has 16 heavy (non-hydrogen) atoms. The van der Waals surface area contributed by atoms with Crippen molar-refractivity contribution in [2.24, 2.45) is 5.84 Å². The van der Waals surface area contributed by atoms with E-state index in [9.17, 15) is 0 Å². The number of hydrogen-bond acceptors (Lipinski definition) is 3. The van der Waals surface area contributed by atoms with Gasteiger partial charge in [-0.05, 0) is 23.6 Å². The molecule has 4 heteroatoms. The number of nitrogens with two attached hydrogens (primary N) is 1. The Morgan fingerprint density at radius 1 is 1.38 bits per heavy atom. The van der Waals surface area contributed by atoms with Gasteiger partial charge in [0.15, 0.2) is 0 Å². The normalized spacial score (nSPS) is 11.1. The number of hydrazine groups is 1. The van der Waals surface area contributed by atoms with Crippen LogP contribution in [0.1, 0.15) is 25.3 Å². The second-order valence-electron chi connectivity index (χ2n) is 4.04. The summed E-state index contributed by atoms with van der Waals surface area (Å²) >= 11 is 6.09. The molecule has 0 aliphatic carbocycles. The zero-order valence-electron chi connectivity index (χ0n) is 9.29. The Bertz CT molecular complexity index is 523. The number of rotatable bonds is 2. The van der Waals surface area contributed by atoms with E-state index in [0.717, 1.165) is 16.5 Å². The van der Waals surface area contributed by atoms with Crippen molar-refractivity contribution in [1.29, 1.82) is 0 Å². The van der Waals surface area contributed by atoms with Crippen LogP contribution in [0.5, 0.6) is 0 Å². The highest BCUT2D eigenvalue weighted by Gasteiger charge is 2.10. The lowest BCUT2D eigenvalue weighted by Gasteiger charge is -2.13. The van der Waals surface area contributed by atoms with Crippen molar-refractivity contribution < 1.29 is 0 Å². The van der Waals surface area contributed by atoms with Crippen molar-refractivity contribution in [2.45, 2.75) is 19.8 Å². The summed E-state index contributed by atoms with van der Waals surface area (Å²) in [5.74, 6) is 6.53. The van der Waals surface area contributed by atoms with Crippen molar-refractivity contribution in [3.8, 4) is 0 Å². The minimum Gasteiger partial charge on any atom is -0.308 e. The largest absolute Gasteiger partial charge is 0.308 e. The first-order valence-electron chi connectivity index (χ1n) is 5.19. The molecular formula is C12H14ClN3. The lowest BCUT2D eigenvalue weighted by Crippen LogP contribution is -2.12. The number of para-hydroxylation sites is 1. The predicted octanol–water partition coefficient (Wildman–Crippen LogP) is 3.30. The van der Waals surface area contributed by atoms with E-state index in [1.807, 2.05) is 18.2 Å². The monoisotopic (exact) mass is 235 g/mol. The second kappa shape index (κ2) is 4.28. The molecule has 1 aromatic carbocycles. The van der Waals surface area contributed by atoms with Crippen LogP contribution in [-0.4, -0.2) is 4.98 Å². The van der Waals surface area contributed by atoms with E-state index in [4.69, 9.17) is 17.4 Å². The molecule has 0 bridgehead atoms. The van der Waals surface area contributed by atoms with Crippen molar-refractivity contribution in [2.75, 3.05) is 5.43 Å². The third kappa shape index (κ3) is 1.84. The molecule has 1 heterocycles. The zero-order chi connectivity index (χ0) is 11.7. The van der Waals surface area contributed by atoms with Gasteiger partial charge >= 0.3 is 0 Å². The van der Waals surface area contributed by atoms with E-state index in [1.54, 1.807) is 0 Å². The van der Waals surface area contributed by atoms with Gasteiger partial charge in [0, 0.05) is 5.39 Å². The Balaban J connectivity index is 2.75. The maximum absolute atomic E-state index is 6.09. The third-order valence-corrected chi connectivity index (χ3v) is 2.89. The van der Waals surface area contributed by atoms with Crippen LogP contribution in [0.25, 0.3) is 10.9 Å². The SMILES string of the molecule is CC(C)c1cc2cccc(Cl)c2nc1NN. The Kier molecular flexibility index (Phi) is 2.99. The average molecular weight is 236 g/mol. The first-order chi connectivity index (χ1) is 7.63. The van der Waals surface area contributed by atoms with E-state index in [1.165, 1.54) is 0 Å². The predicted molar refractivity (Wildman–Crippen MR) is 68.7 cm³/mol. The molecule has 2 aromatic rings. The van der Waals surface area contributed by atoms with Crippen LogP contribution in [-0.2, 0) is 0 Å². The van der Waals surface area contributed by atoms with Gasteiger partial charge in [-0.25, -0.2) is 10.8 Å². The molecule has 0 atom stereocenters. The summed E-state index contributed by atoms with van der Waals surface area (Å²) in [5, 5.41) is 1.68. The van der Waals surface area contributed by atoms with Crippen LogP contribution in [0.3, 0.4) is 0 Å². The summed E-state index contributed by atoms with van der Waals surface area (Å²) in [6.07, 6.45) is 0. The summed E-state index contributed by atoms with van der Waals surface area (Å²) in [5.41, 5.74) is 4.50. The molecule has 0 radical (unpaired) electrons. The van der Waals surface area contributed by atoms with Gasteiger partial charge in [-0.1, -0.05) is 37.6 Å². The first kappa shape index (κ1) is 11.2. The summed E-state index contributed by atoms with van der Waals surface area (Å²) in [6, 6.07) is 7.83. The molecule has 0 saturated heterocycles. The Labute approximate surface area is 99.6 Å². The quantitative estimate of drug-likeness (QED) is 0.620. The smallest absolute Gasteiger partial charge is 0.144 e. The van der Waals surface area contributed by atoms with Crippen LogP contribution < -0.4 is 11.3 Å². The lowest BCUT2D eigenvalue weighted by molar-refractivity contribution is 0.862. The summed E-state index contributed by atoms with van der Waals surface area (Å²) in [6.45, 7) is 4.21. The number of fused-ring (bicyclic) bond motifs is 1. The van der Waals surface area contributed by atoms with E-state index in [-0.39, 0.29) is 0 Å². The van der Waals surface area contributed by atoms with Crippen molar-refractivity contribution in [3.05, 3.63) is 34.9 Å². The first-order valence-corrected chi connectivity index (χ1v) is 5.57. The van der Waals surface area contributed by atoms with Crippen LogP contribution in [0.2, 0.25) is 5.02 Å². The van der Waals surface area contributed by atoms with Gasteiger partial charge in [-0.3, -0.25) is 0 Å². The van der Waals surface area contributed by atoms with Gasteiger partial charge < -0.3 is 5.43 Å². The molecule has 0 aliphatic heterocycles. The number of nitrogens with one attached hydrogen (secondary N) is 1. The number of anilines is 1. The number of aromatic nitrogens is 1. The molecular weight excluding hydrogens is 222 g/mol. The zero-order valence-corrected chi connectivity index (χ0v) is 10.0. The van der Waals surface area contributed by atoms with Crippen molar-refractivity contribution >= 4 is 28.3 Å². The molecule has 0 unspecified atom stereocenters. The maximum Gasteiger partial charge on any atom is 0.144 e. The van der Waals surface area contributed by atoms with Crippen molar-refractivity contribution in [1.82, 2.24) is 4.98 Å². The highest BCUT2D eigenvalue weighted by molar-refractivity contribution is 6.35. The molecule has 1 aromatic heterocycles. The number of nitrogens with zero attached hydrogens (tertiary/aromatic N) is 1.